The highest BCUT2D eigenvalue weighted by Gasteiger charge is 2.34. The smallest absolute Gasteiger partial charge is 0.257 e. The summed E-state index contributed by atoms with van der Waals surface area (Å²) in [5.74, 6) is 1.67. The Labute approximate surface area is 291 Å². The van der Waals surface area contributed by atoms with Gasteiger partial charge < -0.3 is 29.3 Å². The van der Waals surface area contributed by atoms with Crippen LogP contribution < -0.4 is 19.5 Å². The molecule has 0 saturated heterocycles. The first-order valence-corrected chi connectivity index (χ1v) is 17.1. The number of methoxy groups -OCH3 is 1. The Morgan fingerprint density at radius 3 is 1.74 bits per heavy atom. The van der Waals surface area contributed by atoms with Crippen molar-refractivity contribution in [3.05, 3.63) is 112 Å². The Morgan fingerprint density at radius 1 is 0.680 bits per heavy atom. The number of ether oxygens (including phenoxy) is 3. The van der Waals surface area contributed by atoms with Crippen LogP contribution in [0.1, 0.15) is 48.5 Å². The van der Waals surface area contributed by atoms with Crippen LogP contribution in [0.4, 0.5) is 11.4 Å². The Bertz CT molecular complexity index is 2040. The first-order valence-electron chi connectivity index (χ1n) is 17.1. The molecule has 8 rings (SSSR count). The standard InChI is InChI=1S/C40H39N5O5/c1-25-15-32-34(42-21-30-16-26-7-3-5-9-28(26)23-44(30)39(32)46)19-36(25)49-13-11-41-12-14-50-38-20-35-33(18-37(38)48-2)40(47)45-24-29-10-6-4-8-27(29)17-31(45)22-43-35/h3-10,15,18-22,30-31,41H,11-14,16-17,23-24H2,1-2H3/t30-,31-/m0/s1. The number of amides is 2. The van der Waals surface area contributed by atoms with Gasteiger partial charge in [0.2, 0.25) is 0 Å². The molecule has 4 aliphatic rings. The highest BCUT2D eigenvalue weighted by Crippen LogP contribution is 2.39. The number of hydrogen-bond donors (Lipinski definition) is 1. The van der Waals surface area contributed by atoms with E-state index in [2.05, 4.69) is 29.6 Å². The molecule has 4 aliphatic heterocycles. The minimum absolute atomic E-state index is 0.000369. The van der Waals surface area contributed by atoms with E-state index in [-0.39, 0.29) is 23.9 Å². The van der Waals surface area contributed by atoms with Crippen molar-refractivity contribution in [2.45, 2.75) is 44.9 Å². The molecule has 4 heterocycles. The van der Waals surface area contributed by atoms with Gasteiger partial charge >= 0.3 is 0 Å². The number of aryl methyl sites for hydroxylation is 1. The molecule has 10 nitrogen and oxygen atoms in total. The molecule has 4 aromatic carbocycles. The Hall–Kier alpha value is -5.48. The third-order valence-electron chi connectivity index (χ3n) is 9.98. The number of fused-ring (bicyclic) bond motifs is 6. The summed E-state index contributed by atoms with van der Waals surface area (Å²) in [6, 6.07) is 23.7. The lowest BCUT2D eigenvalue weighted by molar-refractivity contribution is 0.0696. The number of nitrogens with one attached hydrogen (secondary N) is 1. The number of benzene rings is 4. The van der Waals surface area contributed by atoms with E-state index in [1.165, 1.54) is 22.3 Å². The largest absolute Gasteiger partial charge is 0.493 e. The zero-order valence-corrected chi connectivity index (χ0v) is 28.2. The van der Waals surface area contributed by atoms with Crippen LogP contribution in [0.25, 0.3) is 0 Å². The number of carbonyl (C=O) groups excluding carboxylic acids is 2. The first-order chi connectivity index (χ1) is 24.5. The summed E-state index contributed by atoms with van der Waals surface area (Å²) in [6.07, 6.45) is 5.27. The fourth-order valence-electron chi connectivity index (χ4n) is 7.25. The summed E-state index contributed by atoms with van der Waals surface area (Å²) >= 11 is 0. The van der Waals surface area contributed by atoms with Crippen LogP contribution in [0.3, 0.4) is 0 Å². The maximum absolute atomic E-state index is 13.6. The third kappa shape index (κ3) is 6.00. The van der Waals surface area contributed by atoms with Gasteiger partial charge in [0.25, 0.3) is 11.8 Å². The van der Waals surface area contributed by atoms with Crippen molar-refractivity contribution in [1.29, 1.82) is 0 Å². The predicted molar refractivity (Wildman–Crippen MR) is 192 cm³/mol. The highest BCUT2D eigenvalue weighted by molar-refractivity contribution is 6.04. The minimum atomic E-state index is -0.0998. The van der Waals surface area contributed by atoms with Crippen LogP contribution in [0.2, 0.25) is 0 Å². The quantitative estimate of drug-likeness (QED) is 0.232. The van der Waals surface area contributed by atoms with Crippen LogP contribution in [-0.2, 0) is 25.9 Å². The second-order valence-electron chi connectivity index (χ2n) is 13.1. The van der Waals surface area contributed by atoms with Gasteiger partial charge in [0, 0.05) is 50.7 Å². The molecule has 0 aromatic heterocycles. The lowest BCUT2D eigenvalue weighted by Gasteiger charge is -2.34. The van der Waals surface area contributed by atoms with Gasteiger partial charge in [0.05, 0.1) is 41.7 Å². The number of carbonyl (C=O) groups is 2. The normalized spacial score (nSPS) is 18.5. The molecule has 254 valence electrons. The van der Waals surface area contributed by atoms with Gasteiger partial charge in [0.15, 0.2) is 11.5 Å². The topological polar surface area (TPSA) is 105 Å². The van der Waals surface area contributed by atoms with Crippen molar-refractivity contribution >= 4 is 35.6 Å². The average molecular weight is 670 g/mol. The van der Waals surface area contributed by atoms with Crippen molar-refractivity contribution in [3.8, 4) is 17.2 Å². The number of hydrogen-bond acceptors (Lipinski definition) is 8. The zero-order chi connectivity index (χ0) is 34.2. The highest BCUT2D eigenvalue weighted by atomic mass is 16.5. The predicted octanol–water partition coefficient (Wildman–Crippen LogP) is 5.62. The molecular weight excluding hydrogens is 630 g/mol. The summed E-state index contributed by atoms with van der Waals surface area (Å²) in [5.41, 5.74) is 8.09. The van der Waals surface area contributed by atoms with E-state index in [1.54, 1.807) is 19.2 Å². The van der Waals surface area contributed by atoms with Gasteiger partial charge in [-0.15, -0.1) is 0 Å². The summed E-state index contributed by atoms with van der Waals surface area (Å²) < 4.78 is 17.8. The SMILES string of the molecule is COc1cc2c(cc1OCCNCCOc1cc3c(cc1C)C(=O)N1Cc4ccccc4C[C@H]1C=N3)N=C[C@@H]1Cc3ccccc3CN1C2=O. The van der Waals surface area contributed by atoms with Crippen LogP contribution in [0.15, 0.2) is 82.8 Å². The molecule has 0 saturated carbocycles. The van der Waals surface area contributed by atoms with Crippen molar-refractivity contribution in [3.63, 3.8) is 0 Å². The molecule has 1 N–H and O–H groups in total. The molecule has 10 heteroatoms. The third-order valence-corrected chi connectivity index (χ3v) is 9.98. The molecule has 0 aliphatic carbocycles. The second kappa shape index (κ2) is 13.4. The van der Waals surface area contributed by atoms with Gasteiger partial charge in [0.1, 0.15) is 19.0 Å². The van der Waals surface area contributed by atoms with Crippen molar-refractivity contribution < 1.29 is 23.8 Å². The molecule has 4 aromatic rings. The number of nitrogens with zero attached hydrogens (tertiary/aromatic N) is 4. The maximum atomic E-state index is 13.6. The average Bonchev–Trinajstić information content (AvgIpc) is 3.35. The number of aliphatic imine (C=N–C) groups is 2. The van der Waals surface area contributed by atoms with Crippen LogP contribution in [-0.4, -0.2) is 79.5 Å². The summed E-state index contributed by atoms with van der Waals surface area (Å²) in [4.78, 5) is 40.5. The van der Waals surface area contributed by atoms with Crippen LogP contribution >= 0.6 is 0 Å². The minimum Gasteiger partial charge on any atom is -0.493 e. The molecule has 0 radical (unpaired) electrons. The lowest BCUT2D eigenvalue weighted by atomic mass is 9.94. The van der Waals surface area contributed by atoms with Crippen molar-refractivity contribution in [1.82, 2.24) is 15.1 Å². The van der Waals surface area contributed by atoms with Gasteiger partial charge in [-0.2, -0.15) is 0 Å². The van der Waals surface area contributed by atoms with Gasteiger partial charge in [-0.3, -0.25) is 19.6 Å². The molecular formula is C40H39N5O5. The molecule has 2 amide bonds. The van der Waals surface area contributed by atoms with E-state index < -0.39 is 0 Å². The second-order valence-corrected chi connectivity index (χ2v) is 13.1. The van der Waals surface area contributed by atoms with E-state index in [0.29, 0.717) is 79.1 Å². The van der Waals surface area contributed by atoms with E-state index in [1.807, 2.05) is 65.6 Å². The Balaban J connectivity index is 0.853. The monoisotopic (exact) mass is 669 g/mol. The molecule has 0 unspecified atom stereocenters. The summed E-state index contributed by atoms with van der Waals surface area (Å²) in [7, 11) is 1.57. The summed E-state index contributed by atoms with van der Waals surface area (Å²) in [6.45, 7) is 5.07. The fraction of sp³-hybridized carbons (Fsp3) is 0.300. The van der Waals surface area contributed by atoms with E-state index in [9.17, 15) is 9.59 Å². The Morgan fingerprint density at radius 2 is 1.18 bits per heavy atom. The fourth-order valence-corrected chi connectivity index (χ4v) is 7.25. The van der Waals surface area contributed by atoms with Gasteiger partial charge in [-0.1, -0.05) is 48.5 Å². The molecule has 2 atom stereocenters. The van der Waals surface area contributed by atoms with Gasteiger partial charge in [-0.25, -0.2) is 0 Å². The Kier molecular flexibility index (Phi) is 8.54. The van der Waals surface area contributed by atoms with Gasteiger partial charge in [-0.05, 0) is 59.7 Å². The molecule has 50 heavy (non-hydrogen) atoms. The van der Waals surface area contributed by atoms with Crippen molar-refractivity contribution in [2.75, 3.05) is 33.4 Å². The van der Waals surface area contributed by atoms with E-state index in [0.717, 1.165) is 18.4 Å². The lowest BCUT2D eigenvalue weighted by Crippen LogP contribution is -2.44. The van der Waals surface area contributed by atoms with Crippen LogP contribution in [0.5, 0.6) is 17.2 Å². The zero-order valence-electron chi connectivity index (χ0n) is 28.2. The van der Waals surface area contributed by atoms with Crippen LogP contribution in [0, 0.1) is 6.92 Å². The van der Waals surface area contributed by atoms with E-state index >= 15 is 0 Å². The number of rotatable bonds is 9. The molecule has 0 spiro atoms. The van der Waals surface area contributed by atoms with E-state index in [4.69, 9.17) is 24.2 Å². The maximum Gasteiger partial charge on any atom is 0.257 e. The summed E-state index contributed by atoms with van der Waals surface area (Å²) in [5, 5.41) is 3.35. The first kappa shape index (κ1) is 31.8. The molecule has 0 fully saturated rings. The molecule has 0 bridgehead atoms. The van der Waals surface area contributed by atoms with Crippen molar-refractivity contribution in [2.24, 2.45) is 9.98 Å².